The highest BCUT2D eigenvalue weighted by atomic mass is 16.1. The van der Waals surface area contributed by atoms with Gasteiger partial charge in [0.25, 0.3) is 5.91 Å². The monoisotopic (exact) mass is 384 g/mol. The number of carbonyl (C=O) groups excluding carboxylic acids is 2. The molecule has 6 heteroatoms. The first-order chi connectivity index (χ1) is 14.0. The predicted octanol–water partition coefficient (Wildman–Crippen LogP) is 4.06. The molecule has 1 heterocycles. The van der Waals surface area contributed by atoms with E-state index in [-0.39, 0.29) is 18.2 Å². The zero-order chi connectivity index (χ0) is 20.4. The molecule has 0 bridgehead atoms. The molecule has 0 unspecified atom stereocenters. The smallest absolute Gasteiger partial charge is 0.255 e. The lowest BCUT2D eigenvalue weighted by molar-refractivity contribution is 0.0971. The van der Waals surface area contributed by atoms with E-state index in [2.05, 4.69) is 10.3 Å². The van der Waals surface area contributed by atoms with Crippen LogP contribution in [0.3, 0.4) is 0 Å². The quantitative estimate of drug-likeness (QED) is 0.401. The number of amides is 1. The van der Waals surface area contributed by atoms with Gasteiger partial charge >= 0.3 is 0 Å². The van der Waals surface area contributed by atoms with Crippen molar-refractivity contribution in [1.82, 2.24) is 9.55 Å². The van der Waals surface area contributed by atoms with Gasteiger partial charge in [0.05, 0.1) is 35.3 Å². The summed E-state index contributed by atoms with van der Waals surface area (Å²) in [7, 11) is 0. The number of nitrogen functional groups attached to an aromatic ring is 1. The Morgan fingerprint density at radius 3 is 2.48 bits per heavy atom. The second-order valence-corrected chi connectivity index (χ2v) is 6.91. The van der Waals surface area contributed by atoms with Gasteiger partial charge in [-0.3, -0.25) is 9.59 Å². The molecule has 0 aliphatic rings. The topological polar surface area (TPSA) is 90.0 Å². The lowest BCUT2D eigenvalue weighted by Crippen LogP contribution is -2.14. The van der Waals surface area contributed by atoms with Crippen molar-refractivity contribution in [2.45, 2.75) is 13.5 Å². The fourth-order valence-electron chi connectivity index (χ4n) is 3.16. The van der Waals surface area contributed by atoms with Crippen LogP contribution in [0.5, 0.6) is 0 Å². The molecule has 3 N–H and O–H groups in total. The summed E-state index contributed by atoms with van der Waals surface area (Å²) >= 11 is 0. The lowest BCUT2D eigenvalue weighted by atomic mass is 10.1. The molecule has 144 valence electrons. The van der Waals surface area contributed by atoms with Gasteiger partial charge in [0.15, 0.2) is 5.78 Å². The number of Topliss-reactive ketones (excluding diaryl/α,β-unsaturated/α-hetero) is 1. The van der Waals surface area contributed by atoms with E-state index >= 15 is 0 Å². The SMILES string of the molecule is Cc1ccc2c(c1)ncn2CC(=O)c1ccc(C(=O)Nc2ccccc2N)cc1. The number of anilines is 2. The molecule has 3 aromatic carbocycles. The molecule has 0 aliphatic carbocycles. The van der Waals surface area contributed by atoms with Crippen LogP contribution in [0, 0.1) is 6.92 Å². The minimum absolute atomic E-state index is 0.0517. The van der Waals surface area contributed by atoms with Crippen molar-refractivity contribution in [3.05, 3.63) is 89.7 Å². The number of nitrogens with two attached hydrogens (primary N) is 1. The minimum atomic E-state index is -0.280. The number of fused-ring (bicyclic) bond motifs is 1. The summed E-state index contributed by atoms with van der Waals surface area (Å²) in [5.41, 5.74) is 10.8. The van der Waals surface area contributed by atoms with Crippen LogP contribution in [-0.4, -0.2) is 21.2 Å². The second-order valence-electron chi connectivity index (χ2n) is 6.91. The number of hydrogen-bond acceptors (Lipinski definition) is 4. The van der Waals surface area contributed by atoms with Gasteiger partial charge in [0.1, 0.15) is 0 Å². The van der Waals surface area contributed by atoms with Crippen molar-refractivity contribution in [2.75, 3.05) is 11.1 Å². The van der Waals surface area contributed by atoms with Crippen LogP contribution >= 0.6 is 0 Å². The van der Waals surface area contributed by atoms with Crippen molar-refractivity contribution in [1.29, 1.82) is 0 Å². The van der Waals surface area contributed by atoms with E-state index in [1.54, 1.807) is 54.9 Å². The van der Waals surface area contributed by atoms with E-state index in [1.165, 1.54) is 0 Å². The molecule has 0 radical (unpaired) electrons. The van der Waals surface area contributed by atoms with E-state index < -0.39 is 0 Å². The summed E-state index contributed by atoms with van der Waals surface area (Å²) in [6.07, 6.45) is 1.67. The van der Waals surface area contributed by atoms with Crippen LogP contribution < -0.4 is 11.1 Å². The molecule has 1 aromatic heterocycles. The molecule has 0 saturated heterocycles. The molecule has 29 heavy (non-hydrogen) atoms. The maximum atomic E-state index is 12.7. The number of carbonyl (C=O) groups is 2. The highest BCUT2D eigenvalue weighted by Crippen LogP contribution is 2.19. The number of aromatic nitrogens is 2. The fraction of sp³-hybridized carbons (Fsp3) is 0.0870. The van der Waals surface area contributed by atoms with E-state index in [0.717, 1.165) is 16.6 Å². The third-order valence-electron chi connectivity index (χ3n) is 4.77. The highest BCUT2D eigenvalue weighted by Gasteiger charge is 2.12. The van der Waals surface area contributed by atoms with Crippen LogP contribution in [0.2, 0.25) is 0 Å². The normalized spacial score (nSPS) is 10.8. The fourth-order valence-corrected chi connectivity index (χ4v) is 3.16. The Kier molecular flexibility index (Phi) is 4.83. The largest absolute Gasteiger partial charge is 0.397 e. The van der Waals surface area contributed by atoms with Gasteiger partial charge in [-0.05, 0) is 48.9 Å². The maximum Gasteiger partial charge on any atom is 0.255 e. The van der Waals surface area contributed by atoms with Gasteiger partial charge in [0, 0.05) is 11.1 Å². The van der Waals surface area contributed by atoms with Gasteiger partial charge in [-0.25, -0.2) is 4.98 Å². The van der Waals surface area contributed by atoms with Gasteiger partial charge in [-0.1, -0.05) is 30.3 Å². The van der Waals surface area contributed by atoms with Gasteiger partial charge in [-0.2, -0.15) is 0 Å². The van der Waals surface area contributed by atoms with Gasteiger partial charge < -0.3 is 15.6 Å². The first kappa shape index (κ1) is 18.4. The number of para-hydroxylation sites is 2. The van der Waals surface area contributed by atoms with Crippen molar-refractivity contribution >= 4 is 34.1 Å². The average Bonchev–Trinajstić information content (AvgIpc) is 3.11. The molecule has 4 rings (SSSR count). The summed E-state index contributed by atoms with van der Waals surface area (Å²) in [5.74, 6) is -0.331. The van der Waals surface area contributed by atoms with Crippen LogP contribution in [0.25, 0.3) is 11.0 Å². The number of rotatable bonds is 5. The van der Waals surface area contributed by atoms with Crippen molar-refractivity contribution in [3.63, 3.8) is 0 Å². The highest BCUT2D eigenvalue weighted by molar-refractivity contribution is 6.06. The Hall–Kier alpha value is -3.93. The number of aryl methyl sites for hydroxylation is 1. The third kappa shape index (κ3) is 3.87. The molecule has 0 fully saturated rings. The van der Waals surface area contributed by atoms with Gasteiger partial charge in [0.2, 0.25) is 0 Å². The van der Waals surface area contributed by atoms with E-state index in [4.69, 9.17) is 5.73 Å². The number of nitrogens with one attached hydrogen (secondary N) is 1. The molecular formula is C23H20N4O2. The zero-order valence-electron chi connectivity index (χ0n) is 15.9. The van der Waals surface area contributed by atoms with E-state index in [0.29, 0.717) is 22.5 Å². The number of nitrogens with zero attached hydrogens (tertiary/aromatic N) is 2. The Morgan fingerprint density at radius 1 is 1.00 bits per heavy atom. The molecule has 0 spiro atoms. The summed E-state index contributed by atoms with van der Waals surface area (Å²) in [4.78, 5) is 29.4. The number of ketones is 1. The molecule has 0 aliphatic heterocycles. The first-order valence-electron chi connectivity index (χ1n) is 9.22. The molecule has 1 amide bonds. The van der Waals surface area contributed by atoms with Crippen molar-refractivity contribution in [2.24, 2.45) is 0 Å². The predicted molar refractivity (Wildman–Crippen MR) is 114 cm³/mol. The summed E-state index contributed by atoms with van der Waals surface area (Å²) in [5, 5.41) is 2.77. The standard InChI is InChI=1S/C23H20N4O2/c1-15-6-11-21-20(12-15)25-14-27(21)13-22(28)16-7-9-17(10-8-16)23(29)26-19-5-3-2-4-18(19)24/h2-12,14H,13,24H2,1H3,(H,26,29). The summed E-state index contributed by atoms with van der Waals surface area (Å²) in [6, 6.07) is 19.6. The first-order valence-corrected chi connectivity index (χ1v) is 9.22. The summed E-state index contributed by atoms with van der Waals surface area (Å²) < 4.78 is 1.83. The summed E-state index contributed by atoms with van der Waals surface area (Å²) in [6.45, 7) is 2.19. The maximum absolute atomic E-state index is 12.7. The van der Waals surface area contributed by atoms with Crippen molar-refractivity contribution < 1.29 is 9.59 Å². The third-order valence-corrected chi connectivity index (χ3v) is 4.77. The molecule has 0 saturated carbocycles. The average molecular weight is 384 g/mol. The molecule has 4 aromatic rings. The van der Waals surface area contributed by atoms with Crippen LogP contribution in [0.4, 0.5) is 11.4 Å². The van der Waals surface area contributed by atoms with Crippen LogP contribution in [0.1, 0.15) is 26.3 Å². The number of hydrogen-bond donors (Lipinski definition) is 2. The Labute approximate surface area is 168 Å². The molecular weight excluding hydrogens is 364 g/mol. The van der Waals surface area contributed by atoms with Gasteiger partial charge in [-0.15, -0.1) is 0 Å². The zero-order valence-corrected chi connectivity index (χ0v) is 15.9. The Balaban J connectivity index is 1.47. The second kappa shape index (κ2) is 7.59. The lowest BCUT2D eigenvalue weighted by Gasteiger charge is -2.08. The number of imidazole rings is 1. The Bertz CT molecular complexity index is 1210. The van der Waals surface area contributed by atoms with Crippen LogP contribution in [0.15, 0.2) is 73.1 Å². The number of benzene rings is 3. The molecule has 0 atom stereocenters. The van der Waals surface area contributed by atoms with Crippen molar-refractivity contribution in [3.8, 4) is 0 Å². The van der Waals surface area contributed by atoms with E-state index in [1.807, 2.05) is 29.7 Å². The van der Waals surface area contributed by atoms with E-state index in [9.17, 15) is 9.59 Å². The Morgan fingerprint density at radius 2 is 1.72 bits per heavy atom. The minimum Gasteiger partial charge on any atom is -0.397 e. The molecule has 6 nitrogen and oxygen atoms in total. The van der Waals surface area contributed by atoms with Crippen LogP contribution in [-0.2, 0) is 6.54 Å².